The van der Waals surface area contributed by atoms with Crippen molar-refractivity contribution in [3.8, 4) is 5.75 Å². The highest BCUT2D eigenvalue weighted by atomic mass is 35.5. The second kappa shape index (κ2) is 6.60. The van der Waals surface area contributed by atoms with Gasteiger partial charge in [0.15, 0.2) is 0 Å². The van der Waals surface area contributed by atoms with E-state index in [0.717, 1.165) is 11.3 Å². The van der Waals surface area contributed by atoms with E-state index in [9.17, 15) is 0 Å². The van der Waals surface area contributed by atoms with E-state index in [0.29, 0.717) is 11.6 Å². The van der Waals surface area contributed by atoms with Crippen LogP contribution in [-0.2, 0) is 0 Å². The smallest absolute Gasteiger partial charge is 0.123 e. The second-order valence-electron chi connectivity index (χ2n) is 4.47. The van der Waals surface area contributed by atoms with Crippen molar-refractivity contribution < 1.29 is 4.74 Å². The summed E-state index contributed by atoms with van der Waals surface area (Å²) in [4.78, 5) is 0. The van der Waals surface area contributed by atoms with Gasteiger partial charge >= 0.3 is 0 Å². The summed E-state index contributed by atoms with van der Waals surface area (Å²) in [6.45, 7) is 2.59. The largest absolute Gasteiger partial charge is 0.491 e. The number of rotatable bonds is 5. The summed E-state index contributed by atoms with van der Waals surface area (Å²) in [5.41, 5.74) is 2.30. The second-order valence-corrected chi connectivity index (χ2v) is 4.91. The lowest BCUT2D eigenvalue weighted by Gasteiger charge is -2.18. The Morgan fingerprint density at radius 2 is 1.89 bits per heavy atom. The quantitative estimate of drug-likeness (QED) is 0.891. The molecule has 0 radical (unpaired) electrons. The van der Waals surface area contributed by atoms with Gasteiger partial charge < -0.3 is 10.1 Å². The van der Waals surface area contributed by atoms with Crippen LogP contribution in [0.25, 0.3) is 0 Å². The van der Waals surface area contributed by atoms with Gasteiger partial charge in [0.2, 0.25) is 0 Å². The molecule has 100 valence electrons. The normalized spacial score (nSPS) is 12.2. The summed E-state index contributed by atoms with van der Waals surface area (Å²) in [5.74, 6) is 0.837. The molecule has 2 aromatic rings. The van der Waals surface area contributed by atoms with Crippen LogP contribution in [0.4, 0.5) is 0 Å². The third-order valence-corrected chi connectivity index (χ3v) is 3.34. The van der Waals surface area contributed by atoms with E-state index in [4.69, 9.17) is 16.3 Å². The number of likely N-dealkylation sites (N-methyl/N-ethyl adjacent to an activating group) is 1. The summed E-state index contributed by atoms with van der Waals surface area (Å²) in [5, 5.41) is 3.96. The fraction of sp³-hybridized carbons (Fsp3) is 0.250. The molecule has 0 aromatic heterocycles. The number of hydrogen-bond acceptors (Lipinski definition) is 2. The Balaban J connectivity index is 2.06. The molecule has 19 heavy (non-hydrogen) atoms. The summed E-state index contributed by atoms with van der Waals surface area (Å²) in [6, 6.07) is 16.1. The van der Waals surface area contributed by atoms with Crippen molar-refractivity contribution in [1.29, 1.82) is 0 Å². The molecule has 2 aromatic carbocycles. The van der Waals surface area contributed by atoms with E-state index in [1.54, 1.807) is 0 Å². The average Bonchev–Trinajstić information content (AvgIpc) is 2.44. The molecule has 0 aliphatic carbocycles. The van der Waals surface area contributed by atoms with Crippen LogP contribution in [0, 0.1) is 6.92 Å². The first kappa shape index (κ1) is 13.9. The minimum Gasteiger partial charge on any atom is -0.491 e. The van der Waals surface area contributed by atoms with Gasteiger partial charge in [-0.2, -0.15) is 0 Å². The predicted molar refractivity (Wildman–Crippen MR) is 79.9 cm³/mol. The topological polar surface area (TPSA) is 21.3 Å². The highest BCUT2D eigenvalue weighted by Gasteiger charge is 2.10. The molecule has 3 heteroatoms. The summed E-state index contributed by atoms with van der Waals surface area (Å²) >= 11 is 5.99. The van der Waals surface area contributed by atoms with Crippen LogP contribution in [0.2, 0.25) is 5.02 Å². The lowest BCUT2D eigenvalue weighted by Crippen LogP contribution is -2.23. The summed E-state index contributed by atoms with van der Waals surface area (Å²) in [6.07, 6.45) is 0. The monoisotopic (exact) mass is 275 g/mol. The number of hydrogen-bond donors (Lipinski definition) is 1. The van der Waals surface area contributed by atoms with Gasteiger partial charge in [0.25, 0.3) is 0 Å². The van der Waals surface area contributed by atoms with Crippen LogP contribution in [0.5, 0.6) is 5.75 Å². The Hall–Kier alpha value is -1.51. The predicted octanol–water partition coefficient (Wildman–Crippen LogP) is 3.99. The summed E-state index contributed by atoms with van der Waals surface area (Å²) < 4.78 is 5.88. The molecule has 0 aliphatic heterocycles. The van der Waals surface area contributed by atoms with Crippen molar-refractivity contribution in [2.45, 2.75) is 13.0 Å². The zero-order valence-electron chi connectivity index (χ0n) is 11.2. The van der Waals surface area contributed by atoms with Crippen molar-refractivity contribution in [3.05, 3.63) is 64.7 Å². The SMILES string of the molecule is CNC(COc1cc(Cl)ccc1C)c1ccccc1. The van der Waals surface area contributed by atoms with Crippen LogP contribution >= 0.6 is 11.6 Å². The van der Waals surface area contributed by atoms with Crippen molar-refractivity contribution in [3.63, 3.8) is 0 Å². The molecule has 0 saturated carbocycles. The Bertz CT molecular complexity index is 528. The van der Waals surface area contributed by atoms with Crippen LogP contribution in [0.15, 0.2) is 48.5 Å². The van der Waals surface area contributed by atoms with Gasteiger partial charge in [0.1, 0.15) is 12.4 Å². The first-order valence-corrected chi connectivity index (χ1v) is 6.69. The average molecular weight is 276 g/mol. The molecule has 0 fully saturated rings. The molecule has 0 saturated heterocycles. The summed E-state index contributed by atoms with van der Waals surface area (Å²) in [7, 11) is 1.94. The standard InChI is InChI=1S/C16H18ClNO/c1-12-8-9-14(17)10-16(12)19-11-15(18-2)13-6-4-3-5-7-13/h3-10,15,18H,11H2,1-2H3. The van der Waals surface area contributed by atoms with Crippen molar-refractivity contribution >= 4 is 11.6 Å². The third-order valence-electron chi connectivity index (χ3n) is 3.11. The van der Waals surface area contributed by atoms with E-state index in [2.05, 4.69) is 17.4 Å². The van der Waals surface area contributed by atoms with Crippen LogP contribution in [0.3, 0.4) is 0 Å². The van der Waals surface area contributed by atoms with Gasteiger partial charge in [-0.25, -0.2) is 0 Å². The maximum atomic E-state index is 5.99. The maximum Gasteiger partial charge on any atom is 0.123 e. The molecule has 0 bridgehead atoms. The zero-order valence-corrected chi connectivity index (χ0v) is 11.9. The first-order chi connectivity index (χ1) is 9.20. The molecule has 2 rings (SSSR count). The van der Waals surface area contributed by atoms with Crippen LogP contribution in [0.1, 0.15) is 17.2 Å². The minimum absolute atomic E-state index is 0.166. The Kier molecular flexibility index (Phi) is 4.83. The molecule has 0 amide bonds. The Labute approximate surface area is 119 Å². The molecule has 1 unspecified atom stereocenters. The Morgan fingerprint density at radius 1 is 1.16 bits per heavy atom. The molecule has 0 aliphatic rings. The van der Waals surface area contributed by atoms with Gasteiger partial charge in [-0.15, -0.1) is 0 Å². The molecular formula is C16H18ClNO. The molecule has 1 atom stereocenters. The highest BCUT2D eigenvalue weighted by Crippen LogP contribution is 2.24. The van der Waals surface area contributed by atoms with Crippen LogP contribution < -0.4 is 10.1 Å². The molecule has 0 heterocycles. The first-order valence-electron chi connectivity index (χ1n) is 6.32. The number of benzene rings is 2. The number of ether oxygens (including phenoxy) is 1. The van der Waals surface area contributed by atoms with Gasteiger partial charge in [-0.3, -0.25) is 0 Å². The fourth-order valence-corrected chi connectivity index (χ4v) is 2.10. The molecule has 1 N–H and O–H groups in total. The fourth-order valence-electron chi connectivity index (χ4n) is 1.93. The van der Waals surface area contributed by atoms with E-state index in [1.807, 2.05) is 50.4 Å². The molecular weight excluding hydrogens is 258 g/mol. The molecule has 2 nitrogen and oxygen atoms in total. The van der Waals surface area contributed by atoms with Crippen molar-refractivity contribution in [1.82, 2.24) is 5.32 Å². The Morgan fingerprint density at radius 3 is 2.58 bits per heavy atom. The zero-order chi connectivity index (χ0) is 13.7. The van der Waals surface area contributed by atoms with Gasteiger partial charge in [-0.1, -0.05) is 48.0 Å². The third kappa shape index (κ3) is 3.72. The maximum absolute atomic E-state index is 5.99. The highest BCUT2D eigenvalue weighted by molar-refractivity contribution is 6.30. The van der Waals surface area contributed by atoms with Gasteiger partial charge in [0.05, 0.1) is 6.04 Å². The van der Waals surface area contributed by atoms with Crippen molar-refractivity contribution in [2.24, 2.45) is 0 Å². The minimum atomic E-state index is 0.166. The number of halogens is 1. The van der Waals surface area contributed by atoms with E-state index < -0.39 is 0 Å². The molecule has 0 spiro atoms. The number of aryl methyl sites for hydroxylation is 1. The lowest BCUT2D eigenvalue weighted by molar-refractivity contribution is 0.271. The van der Waals surface area contributed by atoms with Gasteiger partial charge in [-0.05, 0) is 37.2 Å². The number of nitrogens with one attached hydrogen (secondary N) is 1. The van der Waals surface area contributed by atoms with E-state index >= 15 is 0 Å². The van der Waals surface area contributed by atoms with E-state index in [1.165, 1.54) is 5.56 Å². The van der Waals surface area contributed by atoms with Crippen molar-refractivity contribution in [2.75, 3.05) is 13.7 Å². The van der Waals surface area contributed by atoms with Gasteiger partial charge in [0, 0.05) is 5.02 Å². The lowest BCUT2D eigenvalue weighted by atomic mass is 10.1. The van der Waals surface area contributed by atoms with Crippen LogP contribution in [-0.4, -0.2) is 13.7 Å². The van der Waals surface area contributed by atoms with E-state index in [-0.39, 0.29) is 6.04 Å².